The van der Waals surface area contributed by atoms with Crippen molar-refractivity contribution >= 4 is 11.9 Å². The molecule has 2 rings (SSSR count). The molecule has 15 heavy (non-hydrogen) atoms. The number of hydrogen-bond acceptors (Lipinski definition) is 3. The van der Waals surface area contributed by atoms with Gasteiger partial charge in [0.15, 0.2) is 0 Å². The summed E-state index contributed by atoms with van der Waals surface area (Å²) in [5, 5.41) is 17.7. The molecule has 1 fully saturated rings. The van der Waals surface area contributed by atoms with E-state index < -0.39 is 23.8 Å². The highest BCUT2D eigenvalue weighted by atomic mass is 16.4. The van der Waals surface area contributed by atoms with Gasteiger partial charge in [0.05, 0.1) is 18.1 Å². The second kappa shape index (κ2) is 3.42. The second-order valence-corrected chi connectivity index (χ2v) is 3.67. The lowest BCUT2D eigenvalue weighted by Gasteiger charge is -2.37. The van der Waals surface area contributed by atoms with Crippen LogP contribution in [0.2, 0.25) is 0 Å². The Morgan fingerprint density at radius 3 is 2.53 bits per heavy atom. The first-order chi connectivity index (χ1) is 7.11. The highest BCUT2D eigenvalue weighted by Crippen LogP contribution is 2.47. The first-order valence-electron chi connectivity index (χ1n) is 4.60. The lowest BCUT2D eigenvalue weighted by Crippen LogP contribution is -2.44. The molecule has 1 saturated carbocycles. The van der Waals surface area contributed by atoms with Crippen molar-refractivity contribution in [2.24, 2.45) is 11.8 Å². The largest absolute Gasteiger partial charge is 0.481 e. The summed E-state index contributed by atoms with van der Waals surface area (Å²) < 4.78 is 5.09. The molecular weight excluding hydrogens is 200 g/mol. The molecule has 5 heteroatoms. The van der Waals surface area contributed by atoms with Crippen LogP contribution in [0, 0.1) is 11.8 Å². The van der Waals surface area contributed by atoms with Gasteiger partial charge in [-0.05, 0) is 18.6 Å². The van der Waals surface area contributed by atoms with Crippen LogP contribution in [0.25, 0.3) is 0 Å². The van der Waals surface area contributed by atoms with Crippen molar-refractivity contribution < 1.29 is 24.2 Å². The van der Waals surface area contributed by atoms with E-state index in [-0.39, 0.29) is 5.92 Å². The Hall–Kier alpha value is -1.78. The van der Waals surface area contributed by atoms with Crippen LogP contribution in [-0.4, -0.2) is 22.2 Å². The highest BCUT2D eigenvalue weighted by Gasteiger charge is 2.51. The van der Waals surface area contributed by atoms with E-state index in [1.165, 1.54) is 6.26 Å². The van der Waals surface area contributed by atoms with Gasteiger partial charge in [-0.3, -0.25) is 9.59 Å². The van der Waals surface area contributed by atoms with Gasteiger partial charge < -0.3 is 14.6 Å². The fourth-order valence-electron chi connectivity index (χ4n) is 2.05. The number of aliphatic carboxylic acids is 2. The minimum atomic E-state index is -1.07. The van der Waals surface area contributed by atoms with Gasteiger partial charge in [0.25, 0.3) is 0 Å². The van der Waals surface area contributed by atoms with Crippen LogP contribution in [0.4, 0.5) is 0 Å². The van der Waals surface area contributed by atoms with Crippen molar-refractivity contribution in [3.05, 3.63) is 24.2 Å². The standard InChI is InChI=1S/C10H10O5/c11-9(12)6-4-5(8(6)10(13)14)7-2-1-3-15-7/h1-3,5-6,8H,4H2,(H,11,12)(H,13,14)/t5-,6?,8?/m1/s1. The second-order valence-electron chi connectivity index (χ2n) is 3.67. The predicted octanol–water partition coefficient (Wildman–Crippen LogP) is 1.17. The van der Waals surface area contributed by atoms with E-state index in [4.69, 9.17) is 14.6 Å². The van der Waals surface area contributed by atoms with Gasteiger partial charge in [-0.2, -0.15) is 0 Å². The molecule has 1 aliphatic carbocycles. The summed E-state index contributed by atoms with van der Waals surface area (Å²) >= 11 is 0. The van der Waals surface area contributed by atoms with E-state index in [0.29, 0.717) is 12.2 Å². The van der Waals surface area contributed by atoms with Crippen LogP contribution < -0.4 is 0 Å². The normalized spacial score (nSPS) is 29.5. The van der Waals surface area contributed by atoms with Crippen LogP contribution in [0.3, 0.4) is 0 Å². The Balaban J connectivity index is 2.18. The Morgan fingerprint density at radius 2 is 2.07 bits per heavy atom. The van der Waals surface area contributed by atoms with E-state index in [9.17, 15) is 9.59 Å². The monoisotopic (exact) mass is 210 g/mol. The molecule has 0 radical (unpaired) electrons. The zero-order valence-corrected chi connectivity index (χ0v) is 7.79. The number of hydrogen-bond donors (Lipinski definition) is 2. The van der Waals surface area contributed by atoms with Crippen LogP contribution in [0.5, 0.6) is 0 Å². The molecule has 1 aliphatic rings. The number of carboxylic acids is 2. The Bertz CT molecular complexity index is 381. The van der Waals surface area contributed by atoms with Gasteiger partial charge in [-0.25, -0.2) is 0 Å². The lowest BCUT2D eigenvalue weighted by molar-refractivity contribution is -0.162. The first-order valence-corrected chi connectivity index (χ1v) is 4.60. The van der Waals surface area contributed by atoms with Crippen molar-refractivity contribution in [2.75, 3.05) is 0 Å². The quantitative estimate of drug-likeness (QED) is 0.781. The van der Waals surface area contributed by atoms with E-state index in [2.05, 4.69) is 0 Å². The molecule has 1 aromatic heterocycles. The number of carboxylic acid groups (broad SMARTS) is 2. The summed E-state index contributed by atoms with van der Waals surface area (Å²) in [6.07, 6.45) is 1.79. The maximum atomic E-state index is 10.9. The Kier molecular flexibility index (Phi) is 2.22. The fraction of sp³-hybridized carbons (Fsp3) is 0.400. The third-order valence-electron chi connectivity index (χ3n) is 2.89. The summed E-state index contributed by atoms with van der Waals surface area (Å²) in [4.78, 5) is 21.6. The Labute approximate surface area is 85.3 Å². The average molecular weight is 210 g/mol. The van der Waals surface area contributed by atoms with Gasteiger partial charge in [-0.1, -0.05) is 0 Å². The smallest absolute Gasteiger partial charge is 0.308 e. The molecule has 0 aromatic carbocycles. The molecular formula is C10H10O5. The molecule has 0 bridgehead atoms. The molecule has 0 saturated heterocycles. The predicted molar refractivity (Wildman–Crippen MR) is 48.3 cm³/mol. The SMILES string of the molecule is O=C(O)C1C[C@H](c2ccco2)C1C(=O)O. The highest BCUT2D eigenvalue weighted by molar-refractivity contribution is 5.83. The minimum Gasteiger partial charge on any atom is -0.481 e. The number of furan rings is 1. The lowest BCUT2D eigenvalue weighted by atomic mass is 9.63. The van der Waals surface area contributed by atoms with E-state index in [1.54, 1.807) is 12.1 Å². The van der Waals surface area contributed by atoms with Gasteiger partial charge in [0.1, 0.15) is 5.76 Å². The van der Waals surface area contributed by atoms with Gasteiger partial charge >= 0.3 is 11.9 Å². The average Bonchev–Trinajstić information content (AvgIpc) is 2.52. The van der Waals surface area contributed by atoms with Gasteiger partial charge in [0, 0.05) is 5.92 Å². The topological polar surface area (TPSA) is 87.7 Å². The maximum Gasteiger partial charge on any atom is 0.308 e. The first kappa shape index (κ1) is 9.76. The van der Waals surface area contributed by atoms with Crippen LogP contribution in [0.15, 0.2) is 22.8 Å². The fourth-order valence-corrected chi connectivity index (χ4v) is 2.05. The third kappa shape index (κ3) is 1.49. The van der Waals surface area contributed by atoms with Crippen molar-refractivity contribution in [1.29, 1.82) is 0 Å². The van der Waals surface area contributed by atoms with Gasteiger partial charge in [0.2, 0.25) is 0 Å². The maximum absolute atomic E-state index is 10.9. The van der Waals surface area contributed by atoms with Crippen LogP contribution in [-0.2, 0) is 9.59 Å². The summed E-state index contributed by atoms with van der Waals surface area (Å²) in [7, 11) is 0. The van der Waals surface area contributed by atoms with Crippen LogP contribution >= 0.6 is 0 Å². The number of carbonyl (C=O) groups is 2. The number of rotatable bonds is 3. The molecule has 3 atom stereocenters. The Morgan fingerprint density at radius 1 is 1.33 bits per heavy atom. The molecule has 0 amide bonds. The van der Waals surface area contributed by atoms with Crippen molar-refractivity contribution in [3.63, 3.8) is 0 Å². The zero-order valence-electron chi connectivity index (χ0n) is 7.79. The van der Waals surface area contributed by atoms with E-state index >= 15 is 0 Å². The van der Waals surface area contributed by atoms with E-state index in [1.807, 2.05) is 0 Å². The molecule has 2 unspecified atom stereocenters. The summed E-state index contributed by atoms with van der Waals surface area (Å²) in [6.45, 7) is 0. The molecule has 5 nitrogen and oxygen atoms in total. The molecule has 0 spiro atoms. The molecule has 1 aromatic rings. The minimum absolute atomic E-state index is 0.307. The molecule has 0 aliphatic heterocycles. The molecule has 1 heterocycles. The summed E-state index contributed by atoms with van der Waals surface area (Å²) in [5.74, 6) is -3.54. The van der Waals surface area contributed by atoms with E-state index in [0.717, 1.165) is 0 Å². The summed E-state index contributed by atoms with van der Waals surface area (Å²) in [6, 6.07) is 3.35. The van der Waals surface area contributed by atoms with Crippen molar-refractivity contribution in [1.82, 2.24) is 0 Å². The molecule has 2 N–H and O–H groups in total. The zero-order chi connectivity index (χ0) is 11.0. The summed E-state index contributed by atoms with van der Waals surface area (Å²) in [5.41, 5.74) is 0. The van der Waals surface area contributed by atoms with Crippen molar-refractivity contribution in [2.45, 2.75) is 12.3 Å². The molecule has 80 valence electrons. The van der Waals surface area contributed by atoms with Crippen LogP contribution in [0.1, 0.15) is 18.1 Å². The van der Waals surface area contributed by atoms with Gasteiger partial charge in [-0.15, -0.1) is 0 Å². The van der Waals surface area contributed by atoms with Crippen molar-refractivity contribution in [3.8, 4) is 0 Å². The third-order valence-corrected chi connectivity index (χ3v) is 2.89.